The quantitative estimate of drug-likeness (QED) is 0.148. The van der Waals surface area contributed by atoms with Crippen molar-refractivity contribution in [3.05, 3.63) is 180 Å². The van der Waals surface area contributed by atoms with Gasteiger partial charge in [-0.2, -0.15) is 0 Å². The third kappa shape index (κ3) is 4.72. The van der Waals surface area contributed by atoms with Gasteiger partial charge in [-0.05, 0) is 92.2 Å². The first-order valence-corrected chi connectivity index (χ1v) is 16.6. The van der Waals surface area contributed by atoms with E-state index in [0.29, 0.717) is 5.92 Å². The number of aryl methyl sites for hydroxylation is 1. The average molecular weight is 603 g/mol. The van der Waals surface area contributed by atoms with E-state index in [2.05, 4.69) is 146 Å². The second-order valence-electron chi connectivity index (χ2n) is 13.0. The van der Waals surface area contributed by atoms with Crippen molar-refractivity contribution < 1.29 is 0 Å². The molecule has 0 N–H and O–H groups in total. The Bertz CT molecular complexity index is 2340. The molecule has 0 fully saturated rings. The van der Waals surface area contributed by atoms with E-state index in [1.54, 1.807) is 0 Å². The molecule has 3 atom stereocenters. The molecule has 0 spiro atoms. The molecule has 2 nitrogen and oxygen atoms in total. The lowest BCUT2D eigenvalue weighted by atomic mass is 9.67. The summed E-state index contributed by atoms with van der Waals surface area (Å²) < 4.78 is 0. The number of pyridine rings is 2. The molecule has 47 heavy (non-hydrogen) atoms. The van der Waals surface area contributed by atoms with E-state index < -0.39 is 0 Å². The molecule has 0 aliphatic heterocycles. The molecule has 0 saturated carbocycles. The van der Waals surface area contributed by atoms with Crippen LogP contribution in [0.1, 0.15) is 34.9 Å². The van der Waals surface area contributed by atoms with Crippen LogP contribution in [0.3, 0.4) is 0 Å². The van der Waals surface area contributed by atoms with Crippen LogP contribution in [0.25, 0.3) is 54.8 Å². The summed E-state index contributed by atoms with van der Waals surface area (Å²) in [6.45, 7) is 2.16. The molecule has 3 unspecified atom stereocenters. The second kappa shape index (κ2) is 11.3. The highest BCUT2D eigenvalue weighted by atomic mass is 14.8. The number of aromatic nitrogens is 2. The van der Waals surface area contributed by atoms with Crippen LogP contribution >= 0.6 is 0 Å². The Morgan fingerprint density at radius 2 is 1.34 bits per heavy atom. The topological polar surface area (TPSA) is 25.8 Å². The highest BCUT2D eigenvalue weighted by Gasteiger charge is 2.34. The summed E-state index contributed by atoms with van der Waals surface area (Å²) in [5.41, 5.74) is 9.82. The van der Waals surface area contributed by atoms with E-state index in [1.807, 2.05) is 24.4 Å². The van der Waals surface area contributed by atoms with E-state index >= 15 is 0 Å². The molecule has 0 radical (unpaired) electrons. The number of allylic oxidation sites excluding steroid dienone is 6. The largest absolute Gasteiger partial charge is 0.255 e. The minimum absolute atomic E-state index is 0.221. The van der Waals surface area contributed by atoms with E-state index in [0.717, 1.165) is 17.8 Å². The SMILES string of the molecule is Cc1ccc2cc(-c3c4ccccc4c(C4C=CC=C5C(c6ccc(-c7ccccn7)nc6)CC=CC54)c4ccccc34)ccc2c1. The van der Waals surface area contributed by atoms with Crippen LogP contribution in [0.15, 0.2) is 164 Å². The average Bonchev–Trinajstić information content (AvgIpc) is 3.13. The van der Waals surface area contributed by atoms with E-state index in [4.69, 9.17) is 4.98 Å². The number of benzene rings is 5. The van der Waals surface area contributed by atoms with Gasteiger partial charge in [0, 0.05) is 30.1 Å². The van der Waals surface area contributed by atoms with Crippen LogP contribution in [-0.2, 0) is 0 Å². The van der Waals surface area contributed by atoms with Gasteiger partial charge in [-0.3, -0.25) is 9.97 Å². The molecular formula is C45H34N2. The van der Waals surface area contributed by atoms with Crippen LogP contribution in [0.4, 0.5) is 0 Å². The number of rotatable bonds is 4. The normalized spacial score (nSPS) is 18.8. The van der Waals surface area contributed by atoms with Crippen LogP contribution in [0.2, 0.25) is 0 Å². The van der Waals surface area contributed by atoms with E-state index in [-0.39, 0.29) is 11.8 Å². The molecule has 2 aliphatic rings. The Balaban J connectivity index is 1.17. The van der Waals surface area contributed by atoms with Gasteiger partial charge in [0.05, 0.1) is 11.4 Å². The van der Waals surface area contributed by atoms with E-state index in [9.17, 15) is 0 Å². The molecular weight excluding hydrogens is 569 g/mol. The molecule has 0 saturated heterocycles. The van der Waals surface area contributed by atoms with Gasteiger partial charge in [-0.15, -0.1) is 0 Å². The van der Waals surface area contributed by atoms with Gasteiger partial charge in [0.25, 0.3) is 0 Å². The third-order valence-corrected chi connectivity index (χ3v) is 10.2. The molecule has 5 aromatic carbocycles. The molecule has 224 valence electrons. The maximum Gasteiger partial charge on any atom is 0.0886 e. The minimum Gasteiger partial charge on any atom is -0.255 e. The lowest BCUT2D eigenvalue weighted by molar-refractivity contribution is 0.576. The van der Waals surface area contributed by atoms with Crippen LogP contribution in [0, 0.1) is 12.8 Å². The number of nitrogens with zero attached hydrogens (tertiary/aromatic N) is 2. The molecule has 7 aromatic rings. The fourth-order valence-electron chi connectivity index (χ4n) is 8.04. The van der Waals surface area contributed by atoms with Gasteiger partial charge in [0.1, 0.15) is 0 Å². The van der Waals surface area contributed by atoms with Gasteiger partial charge < -0.3 is 0 Å². The van der Waals surface area contributed by atoms with Crippen molar-refractivity contribution in [2.24, 2.45) is 5.92 Å². The Morgan fingerprint density at radius 3 is 2.09 bits per heavy atom. The highest BCUT2D eigenvalue weighted by Crippen LogP contribution is 2.50. The zero-order valence-corrected chi connectivity index (χ0v) is 26.3. The molecule has 0 bridgehead atoms. The summed E-state index contributed by atoms with van der Waals surface area (Å²) >= 11 is 0. The summed E-state index contributed by atoms with van der Waals surface area (Å²) in [6, 6.07) is 42.1. The zero-order chi connectivity index (χ0) is 31.3. The van der Waals surface area contributed by atoms with Crippen LogP contribution in [-0.4, -0.2) is 9.97 Å². The van der Waals surface area contributed by atoms with Gasteiger partial charge in [0.2, 0.25) is 0 Å². The Hall–Kier alpha value is -5.60. The highest BCUT2D eigenvalue weighted by molar-refractivity contribution is 6.16. The zero-order valence-electron chi connectivity index (χ0n) is 26.3. The molecule has 0 amide bonds. The first-order chi connectivity index (χ1) is 23.2. The number of fused-ring (bicyclic) bond motifs is 4. The molecule has 2 heteroatoms. The summed E-state index contributed by atoms with van der Waals surface area (Å²) in [7, 11) is 0. The van der Waals surface area contributed by atoms with Crippen molar-refractivity contribution in [2.75, 3.05) is 0 Å². The summed E-state index contributed by atoms with van der Waals surface area (Å²) in [5.74, 6) is 0.787. The fraction of sp³-hybridized carbons (Fsp3) is 0.111. The molecule has 2 aliphatic carbocycles. The standard InChI is InChI=1S/C45H34N2/c1-29-19-20-31-27-32(22-21-30(31)26-29)44-38-10-2-4-12-40(38)45(41-13-5-3-11-39(41)44)37-17-9-15-35-34(14-8-16-36(35)37)33-23-24-43(47-28-33)42-18-6-7-25-46-42/h2-13,15-28,34,36-37H,14H2,1H3. The first-order valence-electron chi connectivity index (χ1n) is 16.6. The maximum atomic E-state index is 4.85. The summed E-state index contributed by atoms with van der Waals surface area (Å²) in [5, 5.41) is 7.84. The van der Waals surface area contributed by atoms with Gasteiger partial charge in [-0.25, -0.2) is 0 Å². The smallest absolute Gasteiger partial charge is 0.0886 e. The lowest BCUT2D eigenvalue weighted by Gasteiger charge is -2.36. The lowest BCUT2D eigenvalue weighted by Crippen LogP contribution is -2.22. The Morgan fingerprint density at radius 1 is 0.617 bits per heavy atom. The predicted molar refractivity (Wildman–Crippen MR) is 197 cm³/mol. The van der Waals surface area contributed by atoms with Crippen molar-refractivity contribution >= 4 is 32.3 Å². The second-order valence-corrected chi connectivity index (χ2v) is 13.0. The molecule has 2 aromatic heterocycles. The maximum absolute atomic E-state index is 4.85. The summed E-state index contributed by atoms with van der Waals surface area (Å²) in [4.78, 5) is 9.35. The van der Waals surface area contributed by atoms with Gasteiger partial charge in [-0.1, -0.05) is 133 Å². The third-order valence-electron chi connectivity index (χ3n) is 10.2. The number of hydrogen-bond acceptors (Lipinski definition) is 2. The first kappa shape index (κ1) is 27.7. The van der Waals surface area contributed by atoms with Crippen LogP contribution < -0.4 is 0 Å². The monoisotopic (exact) mass is 602 g/mol. The molecule has 2 heterocycles. The van der Waals surface area contributed by atoms with Crippen molar-refractivity contribution in [1.82, 2.24) is 9.97 Å². The van der Waals surface area contributed by atoms with Crippen molar-refractivity contribution in [1.29, 1.82) is 0 Å². The predicted octanol–water partition coefficient (Wildman–Crippen LogP) is 11.5. The Labute approximate surface area is 275 Å². The van der Waals surface area contributed by atoms with Crippen molar-refractivity contribution in [3.63, 3.8) is 0 Å². The number of hydrogen-bond donors (Lipinski definition) is 0. The van der Waals surface area contributed by atoms with Gasteiger partial charge >= 0.3 is 0 Å². The summed E-state index contributed by atoms with van der Waals surface area (Å²) in [6.07, 6.45) is 16.8. The Kier molecular flexibility index (Phi) is 6.67. The molecule has 9 rings (SSSR count). The van der Waals surface area contributed by atoms with Crippen molar-refractivity contribution in [2.45, 2.75) is 25.2 Å². The van der Waals surface area contributed by atoms with Crippen LogP contribution in [0.5, 0.6) is 0 Å². The fourth-order valence-corrected chi connectivity index (χ4v) is 8.04. The van der Waals surface area contributed by atoms with Crippen molar-refractivity contribution in [3.8, 4) is 22.5 Å². The van der Waals surface area contributed by atoms with Gasteiger partial charge in [0.15, 0.2) is 0 Å². The van der Waals surface area contributed by atoms with E-state index in [1.165, 1.54) is 65.7 Å². The minimum atomic E-state index is 0.221.